The standard InChI is InChI=1S/C9H9NO2S.C2H6.Na/c1-6(13)10-8-4-2-7(3-5-8)9(11)12;1-2;/h2-5H,1H3,(H,10,13)(H,11,12);1-2H3;/q;;+1/p-1. The van der Waals surface area contributed by atoms with Crippen molar-refractivity contribution in [1.29, 1.82) is 0 Å². The van der Waals surface area contributed by atoms with Crippen molar-refractivity contribution in [1.82, 2.24) is 0 Å². The van der Waals surface area contributed by atoms with Gasteiger partial charge in [-0.3, -0.25) is 0 Å². The van der Waals surface area contributed by atoms with E-state index in [0.29, 0.717) is 4.99 Å². The summed E-state index contributed by atoms with van der Waals surface area (Å²) in [6, 6.07) is 6.22. The van der Waals surface area contributed by atoms with Crippen molar-refractivity contribution in [2.75, 3.05) is 5.32 Å². The summed E-state index contributed by atoms with van der Waals surface area (Å²) >= 11 is 4.82. The van der Waals surface area contributed by atoms with Crippen LogP contribution >= 0.6 is 12.2 Å². The van der Waals surface area contributed by atoms with E-state index in [9.17, 15) is 9.90 Å². The molecule has 0 atom stereocenters. The Morgan fingerprint density at radius 1 is 1.25 bits per heavy atom. The Kier molecular flexibility index (Phi) is 11.0. The maximum absolute atomic E-state index is 10.4. The molecule has 0 saturated carbocycles. The van der Waals surface area contributed by atoms with Crippen LogP contribution in [0.2, 0.25) is 0 Å². The van der Waals surface area contributed by atoms with Gasteiger partial charge in [-0.15, -0.1) is 0 Å². The zero-order valence-corrected chi connectivity index (χ0v) is 12.9. The van der Waals surface area contributed by atoms with E-state index in [2.05, 4.69) is 5.32 Å². The second-order valence-corrected chi connectivity index (χ2v) is 3.16. The largest absolute Gasteiger partial charge is 1.00 e. The summed E-state index contributed by atoms with van der Waals surface area (Å²) in [5.74, 6) is -1.18. The van der Waals surface area contributed by atoms with Crippen LogP contribution in [0.1, 0.15) is 31.1 Å². The SMILES string of the molecule is CC.CC(=S)Nc1ccc(C(=O)[O-])cc1.[Na+]. The van der Waals surface area contributed by atoms with Gasteiger partial charge in [-0.2, -0.15) is 0 Å². The second kappa shape index (κ2) is 9.78. The molecule has 0 spiro atoms. The number of benzene rings is 1. The van der Waals surface area contributed by atoms with E-state index >= 15 is 0 Å². The summed E-state index contributed by atoms with van der Waals surface area (Å²) in [4.78, 5) is 11.0. The van der Waals surface area contributed by atoms with E-state index in [-0.39, 0.29) is 35.1 Å². The third-order valence-corrected chi connectivity index (χ3v) is 1.54. The Morgan fingerprint density at radius 3 is 2.00 bits per heavy atom. The zero-order chi connectivity index (χ0) is 11.8. The van der Waals surface area contributed by atoms with Gasteiger partial charge in [0.15, 0.2) is 0 Å². The molecule has 1 aromatic carbocycles. The number of carbonyl (C=O) groups excluding carboxylic acids is 1. The van der Waals surface area contributed by atoms with Gasteiger partial charge in [-0.05, 0) is 24.6 Å². The summed E-state index contributed by atoms with van der Waals surface area (Å²) in [5, 5.41) is 13.3. The van der Waals surface area contributed by atoms with Crippen molar-refractivity contribution in [2.24, 2.45) is 0 Å². The minimum Gasteiger partial charge on any atom is -0.545 e. The first-order valence-corrected chi connectivity index (χ1v) is 5.09. The van der Waals surface area contributed by atoms with Crippen LogP contribution in [0.3, 0.4) is 0 Å². The molecule has 0 radical (unpaired) electrons. The van der Waals surface area contributed by atoms with Gasteiger partial charge in [0, 0.05) is 5.69 Å². The molecule has 1 N–H and O–H groups in total. The molecule has 1 aromatic rings. The maximum atomic E-state index is 10.4. The van der Waals surface area contributed by atoms with Gasteiger partial charge in [-0.25, -0.2) is 0 Å². The Labute approximate surface area is 124 Å². The maximum Gasteiger partial charge on any atom is 1.00 e. The van der Waals surface area contributed by atoms with Crippen LogP contribution in [0, 0.1) is 0 Å². The number of hydrogen-bond donors (Lipinski definition) is 1. The number of carboxylic acids is 1. The number of nitrogens with one attached hydrogen (secondary N) is 1. The molecule has 5 heteroatoms. The summed E-state index contributed by atoms with van der Waals surface area (Å²) < 4.78 is 0. The second-order valence-electron chi connectivity index (χ2n) is 2.55. The molecular weight excluding hydrogens is 233 g/mol. The third kappa shape index (κ3) is 6.95. The van der Waals surface area contributed by atoms with Crippen molar-refractivity contribution >= 4 is 28.9 Å². The average Bonchev–Trinajstić information content (AvgIpc) is 2.20. The molecule has 0 aliphatic heterocycles. The Balaban J connectivity index is 0. The predicted octanol–water partition coefficient (Wildman–Crippen LogP) is -1.16. The molecule has 0 bridgehead atoms. The number of hydrogen-bond acceptors (Lipinski definition) is 3. The van der Waals surface area contributed by atoms with Crippen molar-refractivity contribution in [2.45, 2.75) is 20.8 Å². The van der Waals surface area contributed by atoms with Crippen molar-refractivity contribution < 1.29 is 39.5 Å². The van der Waals surface area contributed by atoms with Crippen LogP contribution < -0.4 is 40.0 Å². The van der Waals surface area contributed by atoms with E-state index in [1.165, 1.54) is 12.1 Å². The van der Waals surface area contributed by atoms with Crippen LogP contribution in [0.4, 0.5) is 5.69 Å². The van der Waals surface area contributed by atoms with Gasteiger partial charge >= 0.3 is 29.6 Å². The molecule has 0 fully saturated rings. The van der Waals surface area contributed by atoms with E-state index in [4.69, 9.17) is 12.2 Å². The fourth-order valence-electron chi connectivity index (χ4n) is 0.893. The topological polar surface area (TPSA) is 52.2 Å². The minimum absolute atomic E-state index is 0. The van der Waals surface area contributed by atoms with E-state index in [1.54, 1.807) is 19.1 Å². The predicted molar refractivity (Wildman–Crippen MR) is 64.0 cm³/mol. The van der Waals surface area contributed by atoms with Crippen LogP contribution in [0.25, 0.3) is 0 Å². The van der Waals surface area contributed by atoms with Gasteiger partial charge < -0.3 is 15.2 Å². The van der Waals surface area contributed by atoms with Gasteiger partial charge in [0.1, 0.15) is 0 Å². The molecule has 1 rings (SSSR count). The fraction of sp³-hybridized carbons (Fsp3) is 0.273. The molecule has 82 valence electrons. The average molecular weight is 247 g/mol. The van der Waals surface area contributed by atoms with Crippen molar-refractivity contribution in [3.8, 4) is 0 Å². The summed E-state index contributed by atoms with van der Waals surface area (Å²) in [6.07, 6.45) is 0. The monoisotopic (exact) mass is 247 g/mol. The van der Waals surface area contributed by atoms with Gasteiger partial charge in [0.25, 0.3) is 0 Å². The van der Waals surface area contributed by atoms with Gasteiger partial charge in [0.05, 0.1) is 11.0 Å². The summed E-state index contributed by atoms with van der Waals surface area (Å²) in [7, 11) is 0. The first-order chi connectivity index (χ1) is 7.09. The molecule has 3 nitrogen and oxygen atoms in total. The normalized spacial score (nSPS) is 7.94. The van der Waals surface area contributed by atoms with E-state index in [0.717, 1.165) is 5.69 Å². The first kappa shape index (κ1) is 18.0. The van der Waals surface area contributed by atoms with Crippen LogP contribution in [-0.4, -0.2) is 11.0 Å². The quantitative estimate of drug-likeness (QED) is 0.529. The molecule has 0 saturated heterocycles. The molecule has 0 aliphatic carbocycles. The smallest absolute Gasteiger partial charge is 0.545 e. The Bertz CT molecular complexity index is 338. The van der Waals surface area contributed by atoms with Crippen LogP contribution in [0.15, 0.2) is 24.3 Å². The number of carbonyl (C=O) groups is 1. The zero-order valence-electron chi connectivity index (χ0n) is 10.0. The molecule has 0 unspecified atom stereocenters. The number of anilines is 1. The summed E-state index contributed by atoms with van der Waals surface area (Å²) in [5.41, 5.74) is 0.935. The Morgan fingerprint density at radius 2 is 1.69 bits per heavy atom. The number of carboxylic acid groups (broad SMARTS) is 1. The number of aromatic carboxylic acids is 1. The summed E-state index contributed by atoms with van der Waals surface area (Å²) in [6.45, 7) is 5.75. The molecular formula is C11H14NNaO2S. The minimum atomic E-state index is -1.18. The van der Waals surface area contributed by atoms with Crippen LogP contribution in [-0.2, 0) is 0 Å². The van der Waals surface area contributed by atoms with Gasteiger partial charge in [-0.1, -0.05) is 38.2 Å². The van der Waals surface area contributed by atoms with E-state index < -0.39 is 5.97 Å². The van der Waals surface area contributed by atoms with Crippen molar-refractivity contribution in [3.63, 3.8) is 0 Å². The Hall–Kier alpha value is -0.420. The fourth-order valence-corrected chi connectivity index (χ4v) is 1.01. The van der Waals surface area contributed by atoms with Crippen LogP contribution in [0.5, 0.6) is 0 Å². The molecule has 0 aromatic heterocycles. The molecule has 16 heavy (non-hydrogen) atoms. The third-order valence-electron chi connectivity index (χ3n) is 1.44. The van der Waals surface area contributed by atoms with Crippen molar-refractivity contribution in [3.05, 3.63) is 29.8 Å². The number of thiocarbonyl (C=S) groups is 1. The molecule has 0 aliphatic rings. The van der Waals surface area contributed by atoms with Gasteiger partial charge in [0.2, 0.25) is 0 Å². The number of rotatable bonds is 2. The first-order valence-electron chi connectivity index (χ1n) is 4.68. The molecule has 0 heterocycles. The molecule has 0 amide bonds. The van der Waals surface area contributed by atoms with E-state index in [1.807, 2.05) is 13.8 Å².